The summed E-state index contributed by atoms with van der Waals surface area (Å²) in [6.07, 6.45) is 0. The van der Waals surface area contributed by atoms with Gasteiger partial charge in [0, 0.05) is 5.56 Å². The zero-order chi connectivity index (χ0) is 12.8. The molecule has 0 unspecified atom stereocenters. The van der Waals surface area contributed by atoms with Gasteiger partial charge >= 0.3 is 0 Å². The van der Waals surface area contributed by atoms with Crippen LogP contribution in [0.4, 0.5) is 0 Å². The van der Waals surface area contributed by atoms with Crippen LogP contribution < -0.4 is 15.2 Å². The quantitative estimate of drug-likeness (QED) is 0.588. The summed E-state index contributed by atoms with van der Waals surface area (Å²) in [5.74, 6) is 1.82. The minimum absolute atomic E-state index is 0.0290. The zero-order valence-electron chi connectivity index (χ0n) is 10.6. The maximum Gasteiger partial charge on any atom is 0.161 e. The standard InChI is InChI=1S/C13H20N2O2/c1-4-16-12-7-10(13(14)15)5-6-11(12)17-8-9(2)3/h5-7,9H,4,8H2,1-3H3,(H3,14,15). The van der Waals surface area contributed by atoms with Gasteiger partial charge in [-0.2, -0.15) is 0 Å². The molecule has 0 atom stereocenters. The van der Waals surface area contributed by atoms with Crippen LogP contribution in [0.3, 0.4) is 0 Å². The first-order valence-corrected chi connectivity index (χ1v) is 5.78. The molecule has 0 heterocycles. The highest BCUT2D eigenvalue weighted by Crippen LogP contribution is 2.28. The molecule has 0 amide bonds. The second-order valence-corrected chi connectivity index (χ2v) is 4.21. The highest BCUT2D eigenvalue weighted by Gasteiger charge is 2.08. The van der Waals surface area contributed by atoms with E-state index >= 15 is 0 Å². The summed E-state index contributed by atoms with van der Waals surface area (Å²) in [5.41, 5.74) is 6.08. The van der Waals surface area contributed by atoms with Gasteiger partial charge in [-0.25, -0.2) is 0 Å². The van der Waals surface area contributed by atoms with Crippen molar-refractivity contribution in [3.63, 3.8) is 0 Å². The van der Waals surface area contributed by atoms with E-state index in [1.807, 2.05) is 6.92 Å². The van der Waals surface area contributed by atoms with E-state index in [4.69, 9.17) is 20.6 Å². The van der Waals surface area contributed by atoms with Crippen molar-refractivity contribution < 1.29 is 9.47 Å². The molecule has 17 heavy (non-hydrogen) atoms. The van der Waals surface area contributed by atoms with Gasteiger partial charge in [-0.15, -0.1) is 0 Å². The Balaban J connectivity index is 2.91. The van der Waals surface area contributed by atoms with Gasteiger partial charge in [-0.3, -0.25) is 5.41 Å². The van der Waals surface area contributed by atoms with Crippen LogP contribution in [0.2, 0.25) is 0 Å². The fourth-order valence-electron chi connectivity index (χ4n) is 1.32. The van der Waals surface area contributed by atoms with Gasteiger partial charge in [0.2, 0.25) is 0 Å². The molecule has 1 rings (SSSR count). The van der Waals surface area contributed by atoms with E-state index in [0.29, 0.717) is 36.2 Å². The van der Waals surface area contributed by atoms with E-state index in [1.54, 1.807) is 18.2 Å². The molecule has 0 aliphatic carbocycles. The number of nitrogen functional groups attached to an aromatic ring is 1. The van der Waals surface area contributed by atoms with E-state index in [9.17, 15) is 0 Å². The highest BCUT2D eigenvalue weighted by atomic mass is 16.5. The third-order valence-corrected chi connectivity index (χ3v) is 2.13. The number of hydrogen-bond acceptors (Lipinski definition) is 3. The van der Waals surface area contributed by atoms with Crippen LogP contribution >= 0.6 is 0 Å². The minimum atomic E-state index is 0.0290. The van der Waals surface area contributed by atoms with Crippen molar-refractivity contribution in [2.75, 3.05) is 13.2 Å². The van der Waals surface area contributed by atoms with Crippen LogP contribution in [-0.4, -0.2) is 19.0 Å². The topological polar surface area (TPSA) is 68.3 Å². The molecule has 4 nitrogen and oxygen atoms in total. The predicted octanol–water partition coefficient (Wildman–Crippen LogP) is 2.40. The average Bonchev–Trinajstić information content (AvgIpc) is 2.27. The van der Waals surface area contributed by atoms with Crippen molar-refractivity contribution in [1.29, 1.82) is 5.41 Å². The fourth-order valence-corrected chi connectivity index (χ4v) is 1.32. The fraction of sp³-hybridized carbons (Fsp3) is 0.462. The summed E-state index contributed by atoms with van der Waals surface area (Å²) < 4.78 is 11.1. The zero-order valence-corrected chi connectivity index (χ0v) is 10.6. The number of amidine groups is 1. The minimum Gasteiger partial charge on any atom is -0.490 e. The summed E-state index contributed by atoms with van der Waals surface area (Å²) in [6.45, 7) is 7.28. The molecule has 0 fully saturated rings. The van der Waals surface area contributed by atoms with Crippen molar-refractivity contribution >= 4 is 5.84 Å². The first-order chi connectivity index (χ1) is 8.04. The Morgan fingerprint density at radius 2 is 2.00 bits per heavy atom. The van der Waals surface area contributed by atoms with E-state index in [-0.39, 0.29) is 5.84 Å². The first-order valence-electron chi connectivity index (χ1n) is 5.78. The molecule has 4 heteroatoms. The Bertz CT molecular complexity index is 389. The van der Waals surface area contributed by atoms with Crippen LogP contribution in [0, 0.1) is 11.3 Å². The second-order valence-electron chi connectivity index (χ2n) is 4.21. The maximum atomic E-state index is 7.39. The van der Waals surface area contributed by atoms with Crippen LogP contribution in [0.25, 0.3) is 0 Å². The van der Waals surface area contributed by atoms with Crippen LogP contribution in [0.1, 0.15) is 26.3 Å². The third kappa shape index (κ3) is 3.98. The van der Waals surface area contributed by atoms with Gasteiger partial charge < -0.3 is 15.2 Å². The molecule has 94 valence electrons. The molecule has 0 bridgehead atoms. The molecular weight excluding hydrogens is 216 g/mol. The molecular formula is C13H20N2O2. The first kappa shape index (κ1) is 13.4. The lowest BCUT2D eigenvalue weighted by atomic mass is 10.2. The largest absolute Gasteiger partial charge is 0.490 e. The number of ether oxygens (including phenoxy) is 2. The lowest BCUT2D eigenvalue weighted by Gasteiger charge is -2.14. The highest BCUT2D eigenvalue weighted by molar-refractivity contribution is 5.95. The Kier molecular flexibility index (Phi) is 4.82. The number of nitrogens with two attached hydrogens (primary N) is 1. The molecule has 0 aliphatic rings. The van der Waals surface area contributed by atoms with Gasteiger partial charge in [0.25, 0.3) is 0 Å². The Morgan fingerprint density at radius 3 is 2.53 bits per heavy atom. The Morgan fingerprint density at radius 1 is 1.29 bits per heavy atom. The summed E-state index contributed by atoms with van der Waals surface area (Å²) in [5, 5.41) is 7.39. The number of nitrogens with one attached hydrogen (secondary N) is 1. The monoisotopic (exact) mass is 236 g/mol. The van der Waals surface area contributed by atoms with Crippen LogP contribution in [0.15, 0.2) is 18.2 Å². The van der Waals surface area contributed by atoms with Gasteiger partial charge in [-0.05, 0) is 31.0 Å². The van der Waals surface area contributed by atoms with Gasteiger partial charge in [0.05, 0.1) is 13.2 Å². The lowest BCUT2D eigenvalue weighted by Crippen LogP contribution is -2.12. The van der Waals surface area contributed by atoms with Crippen molar-refractivity contribution in [3.8, 4) is 11.5 Å². The van der Waals surface area contributed by atoms with Gasteiger partial charge in [0.15, 0.2) is 11.5 Å². The van der Waals surface area contributed by atoms with E-state index in [1.165, 1.54) is 0 Å². The molecule has 1 aromatic rings. The smallest absolute Gasteiger partial charge is 0.161 e. The molecule has 0 saturated heterocycles. The van der Waals surface area contributed by atoms with Crippen molar-refractivity contribution in [2.24, 2.45) is 11.7 Å². The van der Waals surface area contributed by atoms with E-state index in [0.717, 1.165) is 0 Å². The third-order valence-electron chi connectivity index (χ3n) is 2.13. The molecule has 0 aromatic heterocycles. The van der Waals surface area contributed by atoms with Crippen molar-refractivity contribution in [3.05, 3.63) is 23.8 Å². The average molecular weight is 236 g/mol. The molecule has 3 N–H and O–H groups in total. The summed E-state index contributed by atoms with van der Waals surface area (Å²) >= 11 is 0. The van der Waals surface area contributed by atoms with Crippen LogP contribution in [0.5, 0.6) is 11.5 Å². The molecule has 0 radical (unpaired) electrons. The normalized spacial score (nSPS) is 10.4. The number of rotatable bonds is 6. The SMILES string of the molecule is CCOc1cc(C(=N)N)ccc1OCC(C)C. The van der Waals surface area contributed by atoms with Crippen molar-refractivity contribution in [2.45, 2.75) is 20.8 Å². The molecule has 0 spiro atoms. The molecule has 1 aromatic carbocycles. The number of hydrogen-bond donors (Lipinski definition) is 2. The Labute approximate surface area is 102 Å². The summed E-state index contributed by atoms with van der Waals surface area (Å²) in [4.78, 5) is 0. The Hall–Kier alpha value is -1.71. The maximum absolute atomic E-state index is 7.39. The molecule has 0 saturated carbocycles. The summed E-state index contributed by atoms with van der Waals surface area (Å²) in [6, 6.07) is 5.30. The van der Waals surface area contributed by atoms with Gasteiger partial charge in [-0.1, -0.05) is 13.8 Å². The summed E-state index contributed by atoms with van der Waals surface area (Å²) in [7, 11) is 0. The number of benzene rings is 1. The van der Waals surface area contributed by atoms with E-state index in [2.05, 4.69) is 13.8 Å². The van der Waals surface area contributed by atoms with Crippen molar-refractivity contribution in [1.82, 2.24) is 0 Å². The van der Waals surface area contributed by atoms with Gasteiger partial charge in [0.1, 0.15) is 5.84 Å². The van der Waals surface area contributed by atoms with Crippen LogP contribution in [-0.2, 0) is 0 Å². The predicted molar refractivity (Wildman–Crippen MR) is 69.0 cm³/mol. The molecule has 0 aliphatic heterocycles. The second kappa shape index (κ2) is 6.13. The van der Waals surface area contributed by atoms with E-state index < -0.39 is 0 Å². The lowest BCUT2D eigenvalue weighted by molar-refractivity contribution is 0.248.